The molecular weight excluding hydrogens is 164 g/mol. The second kappa shape index (κ2) is 4.08. The van der Waals surface area contributed by atoms with Crippen molar-refractivity contribution < 1.29 is 5.11 Å². The fourth-order valence-electron chi connectivity index (χ4n) is 1.87. The Bertz CT molecular complexity index is 211. The molecule has 0 radical (unpaired) electrons. The van der Waals surface area contributed by atoms with Gasteiger partial charge in [-0.05, 0) is 25.7 Å². The van der Waals surface area contributed by atoms with Crippen LogP contribution in [-0.4, -0.2) is 23.3 Å². The number of rotatable bonds is 3. The SMILES string of the molecule is CC(C#N)NCC1(O)CCCC1C. The van der Waals surface area contributed by atoms with Gasteiger partial charge in [0.25, 0.3) is 0 Å². The maximum atomic E-state index is 10.1. The number of aliphatic hydroxyl groups is 1. The number of nitrogens with one attached hydrogen (secondary N) is 1. The van der Waals surface area contributed by atoms with Crippen LogP contribution in [0.3, 0.4) is 0 Å². The van der Waals surface area contributed by atoms with Crippen LogP contribution < -0.4 is 5.32 Å². The Kier molecular flexibility index (Phi) is 3.29. The first-order chi connectivity index (χ1) is 6.08. The van der Waals surface area contributed by atoms with E-state index >= 15 is 0 Å². The van der Waals surface area contributed by atoms with Gasteiger partial charge in [0, 0.05) is 6.54 Å². The van der Waals surface area contributed by atoms with E-state index in [2.05, 4.69) is 18.3 Å². The van der Waals surface area contributed by atoms with Gasteiger partial charge in [0.15, 0.2) is 0 Å². The van der Waals surface area contributed by atoms with E-state index in [9.17, 15) is 5.11 Å². The van der Waals surface area contributed by atoms with Gasteiger partial charge in [0.05, 0.1) is 17.7 Å². The summed E-state index contributed by atoms with van der Waals surface area (Å²) in [5.41, 5.74) is -0.578. The quantitative estimate of drug-likeness (QED) is 0.685. The number of hydrogen-bond acceptors (Lipinski definition) is 3. The van der Waals surface area contributed by atoms with Crippen LogP contribution >= 0.6 is 0 Å². The number of nitrogens with zero attached hydrogens (tertiary/aromatic N) is 1. The van der Waals surface area contributed by atoms with E-state index in [1.165, 1.54) is 0 Å². The largest absolute Gasteiger partial charge is 0.388 e. The van der Waals surface area contributed by atoms with Crippen LogP contribution in [-0.2, 0) is 0 Å². The standard InChI is InChI=1S/C10H18N2O/c1-8-4-3-5-10(8,13)7-12-9(2)6-11/h8-9,12-13H,3-5,7H2,1-2H3. The maximum Gasteiger partial charge on any atom is 0.0925 e. The van der Waals surface area contributed by atoms with Crippen molar-refractivity contribution in [2.75, 3.05) is 6.54 Å². The van der Waals surface area contributed by atoms with E-state index in [0.29, 0.717) is 12.5 Å². The molecule has 1 rings (SSSR count). The highest BCUT2D eigenvalue weighted by Crippen LogP contribution is 2.34. The topological polar surface area (TPSA) is 56.0 Å². The van der Waals surface area contributed by atoms with Crippen molar-refractivity contribution in [3.05, 3.63) is 0 Å². The third-order valence-electron chi connectivity index (χ3n) is 3.07. The van der Waals surface area contributed by atoms with E-state index in [1.54, 1.807) is 0 Å². The summed E-state index contributed by atoms with van der Waals surface area (Å²) < 4.78 is 0. The highest BCUT2D eigenvalue weighted by molar-refractivity contribution is 4.95. The van der Waals surface area contributed by atoms with Gasteiger partial charge in [0.1, 0.15) is 0 Å². The zero-order chi connectivity index (χ0) is 9.90. The molecule has 74 valence electrons. The molecule has 0 aromatic heterocycles. The number of nitriles is 1. The molecule has 1 aliphatic carbocycles. The van der Waals surface area contributed by atoms with Crippen LogP contribution in [0.4, 0.5) is 0 Å². The minimum absolute atomic E-state index is 0.170. The smallest absolute Gasteiger partial charge is 0.0925 e. The molecule has 1 aliphatic rings. The molecule has 3 heteroatoms. The monoisotopic (exact) mass is 182 g/mol. The highest BCUT2D eigenvalue weighted by Gasteiger charge is 2.37. The van der Waals surface area contributed by atoms with Gasteiger partial charge in [-0.25, -0.2) is 0 Å². The molecule has 3 unspecified atom stereocenters. The third-order valence-corrected chi connectivity index (χ3v) is 3.07. The summed E-state index contributed by atoms with van der Waals surface area (Å²) in [6, 6.07) is 1.93. The molecule has 3 atom stereocenters. The molecule has 13 heavy (non-hydrogen) atoms. The average Bonchev–Trinajstić information content (AvgIpc) is 2.44. The molecule has 0 aromatic carbocycles. The van der Waals surface area contributed by atoms with Crippen molar-refractivity contribution in [3.8, 4) is 6.07 Å². The first-order valence-corrected chi connectivity index (χ1v) is 4.94. The molecular formula is C10H18N2O. The van der Waals surface area contributed by atoms with Crippen LogP contribution in [0.15, 0.2) is 0 Å². The summed E-state index contributed by atoms with van der Waals surface area (Å²) in [5, 5.41) is 21.7. The summed E-state index contributed by atoms with van der Waals surface area (Å²) in [4.78, 5) is 0. The van der Waals surface area contributed by atoms with Crippen molar-refractivity contribution in [1.29, 1.82) is 5.26 Å². The van der Waals surface area contributed by atoms with Gasteiger partial charge < -0.3 is 5.11 Å². The van der Waals surface area contributed by atoms with Gasteiger partial charge in [-0.2, -0.15) is 5.26 Å². The molecule has 0 spiro atoms. The summed E-state index contributed by atoms with van der Waals surface area (Å²) in [5.74, 6) is 0.353. The number of hydrogen-bond donors (Lipinski definition) is 2. The zero-order valence-corrected chi connectivity index (χ0v) is 8.38. The third kappa shape index (κ3) is 2.43. The van der Waals surface area contributed by atoms with E-state index < -0.39 is 5.60 Å². The Morgan fingerprint density at radius 2 is 2.46 bits per heavy atom. The second-order valence-electron chi connectivity index (χ2n) is 4.13. The lowest BCUT2D eigenvalue weighted by atomic mass is 9.92. The Labute approximate surface area is 79.8 Å². The van der Waals surface area contributed by atoms with Crippen LogP contribution in [0.5, 0.6) is 0 Å². The lowest BCUT2D eigenvalue weighted by molar-refractivity contribution is 0.00916. The van der Waals surface area contributed by atoms with E-state index in [0.717, 1.165) is 19.3 Å². The lowest BCUT2D eigenvalue weighted by Crippen LogP contribution is -2.45. The van der Waals surface area contributed by atoms with Crippen molar-refractivity contribution in [3.63, 3.8) is 0 Å². The van der Waals surface area contributed by atoms with Gasteiger partial charge in [0.2, 0.25) is 0 Å². The minimum Gasteiger partial charge on any atom is -0.388 e. The predicted molar refractivity (Wildman–Crippen MR) is 51.0 cm³/mol. The van der Waals surface area contributed by atoms with Gasteiger partial charge in [-0.1, -0.05) is 13.3 Å². The maximum absolute atomic E-state index is 10.1. The van der Waals surface area contributed by atoms with E-state index in [4.69, 9.17) is 5.26 Å². The zero-order valence-electron chi connectivity index (χ0n) is 8.38. The predicted octanol–water partition coefficient (Wildman–Crippen LogP) is 1.04. The van der Waals surface area contributed by atoms with Gasteiger partial charge in [-0.3, -0.25) is 5.32 Å². The Balaban J connectivity index is 2.39. The molecule has 0 heterocycles. The second-order valence-corrected chi connectivity index (χ2v) is 4.13. The Morgan fingerprint density at radius 3 is 2.92 bits per heavy atom. The summed E-state index contributed by atoms with van der Waals surface area (Å²) in [7, 11) is 0. The van der Waals surface area contributed by atoms with Gasteiger partial charge >= 0.3 is 0 Å². The van der Waals surface area contributed by atoms with Crippen molar-refractivity contribution in [2.45, 2.75) is 44.8 Å². The van der Waals surface area contributed by atoms with E-state index in [1.807, 2.05) is 6.92 Å². The molecule has 0 saturated heterocycles. The Hall–Kier alpha value is -0.590. The molecule has 2 N–H and O–H groups in total. The van der Waals surface area contributed by atoms with Crippen molar-refractivity contribution in [2.24, 2.45) is 5.92 Å². The molecule has 1 saturated carbocycles. The average molecular weight is 182 g/mol. The normalized spacial score (nSPS) is 35.7. The lowest BCUT2D eigenvalue weighted by Gasteiger charge is -2.28. The molecule has 0 aliphatic heterocycles. The molecule has 0 bridgehead atoms. The fraction of sp³-hybridized carbons (Fsp3) is 0.900. The van der Waals surface area contributed by atoms with E-state index in [-0.39, 0.29) is 6.04 Å². The fourth-order valence-corrected chi connectivity index (χ4v) is 1.87. The summed E-state index contributed by atoms with van der Waals surface area (Å²) >= 11 is 0. The van der Waals surface area contributed by atoms with Crippen LogP contribution in [0, 0.1) is 17.2 Å². The van der Waals surface area contributed by atoms with Crippen molar-refractivity contribution >= 4 is 0 Å². The summed E-state index contributed by atoms with van der Waals surface area (Å²) in [6.07, 6.45) is 3.05. The van der Waals surface area contributed by atoms with Gasteiger partial charge in [-0.15, -0.1) is 0 Å². The molecule has 1 fully saturated rings. The van der Waals surface area contributed by atoms with Crippen LogP contribution in [0.25, 0.3) is 0 Å². The van der Waals surface area contributed by atoms with Crippen molar-refractivity contribution in [1.82, 2.24) is 5.32 Å². The Morgan fingerprint density at radius 1 is 1.77 bits per heavy atom. The van der Waals surface area contributed by atoms with Crippen LogP contribution in [0.2, 0.25) is 0 Å². The first-order valence-electron chi connectivity index (χ1n) is 4.94. The molecule has 0 aromatic rings. The minimum atomic E-state index is -0.578. The van der Waals surface area contributed by atoms with Crippen LogP contribution in [0.1, 0.15) is 33.1 Å². The first kappa shape index (κ1) is 10.5. The molecule has 3 nitrogen and oxygen atoms in total. The summed E-state index contributed by atoms with van der Waals surface area (Å²) in [6.45, 7) is 4.43. The molecule has 0 amide bonds. The highest BCUT2D eigenvalue weighted by atomic mass is 16.3.